The second-order valence-electron chi connectivity index (χ2n) is 4.95. The summed E-state index contributed by atoms with van der Waals surface area (Å²) < 4.78 is 6.94. The number of aliphatic hydroxyl groups is 1. The summed E-state index contributed by atoms with van der Waals surface area (Å²) in [4.78, 5) is 0. The maximum Gasteiger partial charge on any atom is 0.217 e. The van der Waals surface area contributed by atoms with Crippen LogP contribution >= 0.6 is 11.6 Å². The van der Waals surface area contributed by atoms with E-state index >= 15 is 0 Å². The van der Waals surface area contributed by atoms with E-state index in [4.69, 9.17) is 16.3 Å². The zero-order chi connectivity index (χ0) is 14.9. The van der Waals surface area contributed by atoms with E-state index in [2.05, 4.69) is 5.10 Å². The lowest BCUT2D eigenvalue weighted by Gasteiger charge is -2.13. The first-order valence-electron chi connectivity index (χ1n) is 6.44. The first kappa shape index (κ1) is 14.9. The zero-order valence-electron chi connectivity index (χ0n) is 12.1. The third kappa shape index (κ3) is 2.81. The van der Waals surface area contributed by atoms with Gasteiger partial charge in [-0.05, 0) is 31.0 Å². The monoisotopic (exact) mass is 294 g/mol. The summed E-state index contributed by atoms with van der Waals surface area (Å²) in [6.07, 6.45) is -0.263. The second-order valence-corrected chi connectivity index (χ2v) is 5.35. The molecule has 5 heteroatoms. The molecule has 0 radical (unpaired) electrons. The van der Waals surface area contributed by atoms with Crippen LogP contribution in [0.15, 0.2) is 18.2 Å². The van der Waals surface area contributed by atoms with E-state index in [9.17, 15) is 5.11 Å². The molecule has 0 bridgehead atoms. The Labute approximate surface area is 123 Å². The average molecular weight is 295 g/mol. The molecule has 1 N–H and O–H groups in total. The fraction of sp³-hybridized carbons (Fsp3) is 0.400. The molecule has 0 saturated carbocycles. The first-order valence-corrected chi connectivity index (χ1v) is 6.82. The number of hydrogen-bond donors (Lipinski definition) is 1. The third-order valence-corrected chi connectivity index (χ3v) is 3.71. The standard InChI is InChI=1S/C15H19ClN2O2/c1-9-5-6-11(12(16)7-9)8-13(19)14-10(2)17-18(3)15(14)20-4/h5-7,13,19H,8H2,1-4H3. The highest BCUT2D eigenvalue weighted by molar-refractivity contribution is 6.31. The van der Waals surface area contributed by atoms with Gasteiger partial charge in [0.1, 0.15) is 0 Å². The number of aromatic nitrogens is 2. The normalized spacial score (nSPS) is 12.5. The van der Waals surface area contributed by atoms with Crippen LogP contribution in [0.4, 0.5) is 0 Å². The predicted octanol–water partition coefficient (Wildman–Crippen LogP) is 2.98. The van der Waals surface area contributed by atoms with E-state index in [1.54, 1.807) is 18.8 Å². The van der Waals surface area contributed by atoms with Gasteiger partial charge in [0.25, 0.3) is 0 Å². The van der Waals surface area contributed by atoms with Crippen LogP contribution in [0.5, 0.6) is 5.88 Å². The van der Waals surface area contributed by atoms with E-state index in [-0.39, 0.29) is 0 Å². The van der Waals surface area contributed by atoms with E-state index in [0.717, 1.165) is 16.8 Å². The largest absolute Gasteiger partial charge is 0.481 e. The van der Waals surface area contributed by atoms with Crippen molar-refractivity contribution in [3.05, 3.63) is 45.6 Å². The number of aryl methyl sites for hydroxylation is 3. The molecule has 20 heavy (non-hydrogen) atoms. The fourth-order valence-corrected chi connectivity index (χ4v) is 2.72. The number of nitrogens with zero attached hydrogens (tertiary/aromatic N) is 2. The summed E-state index contributed by atoms with van der Waals surface area (Å²) in [5.74, 6) is 0.582. The minimum absolute atomic E-state index is 0.433. The van der Waals surface area contributed by atoms with Crippen molar-refractivity contribution >= 4 is 11.6 Å². The summed E-state index contributed by atoms with van der Waals surface area (Å²) in [7, 11) is 3.37. The Bertz CT molecular complexity index is 623. The van der Waals surface area contributed by atoms with E-state index < -0.39 is 6.10 Å². The quantitative estimate of drug-likeness (QED) is 0.943. The maximum absolute atomic E-state index is 10.5. The number of aliphatic hydroxyl groups excluding tert-OH is 1. The summed E-state index contributed by atoms with van der Waals surface area (Å²) in [5, 5.41) is 15.4. The molecule has 1 unspecified atom stereocenters. The van der Waals surface area contributed by atoms with Crippen molar-refractivity contribution in [2.75, 3.05) is 7.11 Å². The van der Waals surface area contributed by atoms with Gasteiger partial charge in [-0.3, -0.25) is 0 Å². The van der Waals surface area contributed by atoms with Crippen molar-refractivity contribution in [2.24, 2.45) is 7.05 Å². The molecule has 1 atom stereocenters. The summed E-state index contributed by atoms with van der Waals surface area (Å²) in [6, 6.07) is 5.83. The van der Waals surface area contributed by atoms with Crippen molar-refractivity contribution in [1.82, 2.24) is 9.78 Å². The predicted molar refractivity (Wildman–Crippen MR) is 79.3 cm³/mol. The molecular formula is C15H19ClN2O2. The topological polar surface area (TPSA) is 47.3 Å². The zero-order valence-corrected chi connectivity index (χ0v) is 12.9. The Kier molecular flexibility index (Phi) is 4.35. The Morgan fingerprint density at radius 2 is 2.10 bits per heavy atom. The van der Waals surface area contributed by atoms with Crippen molar-refractivity contribution in [1.29, 1.82) is 0 Å². The molecule has 4 nitrogen and oxygen atoms in total. The molecule has 0 spiro atoms. The maximum atomic E-state index is 10.5. The average Bonchev–Trinajstić information content (AvgIpc) is 2.66. The molecule has 0 aliphatic heterocycles. The highest BCUT2D eigenvalue weighted by Gasteiger charge is 2.22. The van der Waals surface area contributed by atoms with Crippen LogP contribution in [0.2, 0.25) is 5.02 Å². The lowest BCUT2D eigenvalue weighted by Crippen LogP contribution is -2.05. The molecule has 1 aromatic heterocycles. The van der Waals surface area contributed by atoms with Crippen molar-refractivity contribution in [3.8, 4) is 5.88 Å². The van der Waals surface area contributed by atoms with Crippen molar-refractivity contribution in [2.45, 2.75) is 26.4 Å². The van der Waals surface area contributed by atoms with Gasteiger partial charge < -0.3 is 9.84 Å². The van der Waals surface area contributed by atoms with Crippen LogP contribution in [0.3, 0.4) is 0 Å². The number of benzene rings is 1. The highest BCUT2D eigenvalue weighted by atomic mass is 35.5. The lowest BCUT2D eigenvalue weighted by molar-refractivity contribution is 0.172. The van der Waals surface area contributed by atoms with Crippen LogP contribution in [0.1, 0.15) is 28.5 Å². The Morgan fingerprint density at radius 3 is 2.70 bits per heavy atom. The van der Waals surface area contributed by atoms with Gasteiger partial charge in [-0.25, -0.2) is 4.68 Å². The van der Waals surface area contributed by atoms with Gasteiger partial charge in [0.15, 0.2) is 0 Å². The van der Waals surface area contributed by atoms with Crippen LogP contribution in [-0.2, 0) is 13.5 Å². The molecular weight excluding hydrogens is 276 g/mol. The lowest BCUT2D eigenvalue weighted by atomic mass is 10.0. The van der Waals surface area contributed by atoms with Gasteiger partial charge in [0.05, 0.1) is 24.5 Å². The smallest absolute Gasteiger partial charge is 0.217 e. The summed E-state index contributed by atoms with van der Waals surface area (Å²) in [6.45, 7) is 3.85. The van der Waals surface area contributed by atoms with Gasteiger partial charge >= 0.3 is 0 Å². The van der Waals surface area contributed by atoms with E-state index in [1.807, 2.05) is 32.0 Å². The van der Waals surface area contributed by atoms with Crippen LogP contribution in [0.25, 0.3) is 0 Å². The highest BCUT2D eigenvalue weighted by Crippen LogP contribution is 2.31. The molecule has 1 aromatic carbocycles. The van der Waals surface area contributed by atoms with E-state index in [1.165, 1.54) is 0 Å². The molecule has 2 rings (SSSR count). The van der Waals surface area contributed by atoms with Gasteiger partial charge in [-0.15, -0.1) is 0 Å². The third-order valence-electron chi connectivity index (χ3n) is 3.36. The van der Waals surface area contributed by atoms with Crippen LogP contribution in [-0.4, -0.2) is 22.0 Å². The second kappa shape index (κ2) is 5.85. The fourth-order valence-electron chi connectivity index (χ4n) is 2.41. The molecule has 0 aliphatic rings. The molecule has 0 aliphatic carbocycles. The number of hydrogen-bond acceptors (Lipinski definition) is 3. The van der Waals surface area contributed by atoms with Gasteiger partial charge in [0.2, 0.25) is 5.88 Å². The van der Waals surface area contributed by atoms with Gasteiger partial charge in [-0.1, -0.05) is 23.7 Å². The summed E-state index contributed by atoms with van der Waals surface area (Å²) in [5.41, 5.74) is 3.49. The molecule has 108 valence electrons. The molecule has 0 amide bonds. The van der Waals surface area contributed by atoms with Gasteiger partial charge in [-0.2, -0.15) is 5.10 Å². The molecule has 1 heterocycles. The van der Waals surface area contributed by atoms with E-state index in [0.29, 0.717) is 22.9 Å². The minimum Gasteiger partial charge on any atom is -0.481 e. The number of methoxy groups -OCH3 is 1. The minimum atomic E-state index is -0.696. The van der Waals surface area contributed by atoms with Crippen molar-refractivity contribution in [3.63, 3.8) is 0 Å². The number of halogens is 1. The number of rotatable bonds is 4. The SMILES string of the molecule is COc1c(C(O)Cc2ccc(C)cc2Cl)c(C)nn1C. The molecule has 2 aromatic rings. The van der Waals surface area contributed by atoms with Crippen molar-refractivity contribution < 1.29 is 9.84 Å². The van der Waals surface area contributed by atoms with Crippen LogP contribution < -0.4 is 4.74 Å². The summed E-state index contributed by atoms with van der Waals surface area (Å²) >= 11 is 6.22. The van der Waals surface area contributed by atoms with Gasteiger partial charge in [0, 0.05) is 18.5 Å². The molecule has 0 fully saturated rings. The number of ether oxygens (including phenoxy) is 1. The Morgan fingerprint density at radius 1 is 1.40 bits per heavy atom. The Balaban J connectivity index is 2.30. The van der Waals surface area contributed by atoms with Crippen LogP contribution in [0, 0.1) is 13.8 Å². The first-order chi connectivity index (χ1) is 9.43. The molecule has 0 saturated heterocycles. The Hall–Kier alpha value is -1.52.